The molecular weight excluding hydrogens is 287 g/mol. The Morgan fingerprint density at radius 1 is 1.16 bits per heavy atom. The van der Waals surface area contributed by atoms with E-state index < -0.39 is 0 Å². The second-order valence-corrected chi connectivity index (χ2v) is 5.82. The van der Waals surface area contributed by atoms with Crippen LogP contribution >= 0.6 is 23.2 Å². The smallest absolute Gasteiger partial charge is 0.162 e. The first-order valence-electron chi connectivity index (χ1n) is 6.51. The maximum absolute atomic E-state index is 6.59. The van der Waals surface area contributed by atoms with Gasteiger partial charge in [-0.3, -0.25) is 0 Å². The molecule has 0 aromatic heterocycles. The van der Waals surface area contributed by atoms with E-state index in [0.717, 1.165) is 24.3 Å². The Balaban J connectivity index is 1.91. The van der Waals surface area contributed by atoms with E-state index >= 15 is 0 Å². The van der Waals surface area contributed by atoms with Gasteiger partial charge in [0.05, 0.1) is 11.5 Å². The molecule has 0 saturated carbocycles. The van der Waals surface area contributed by atoms with Gasteiger partial charge in [-0.2, -0.15) is 0 Å². The molecule has 1 aromatic rings. The molecular formula is C14H16Cl2O3. The average Bonchev–Trinajstić information content (AvgIpc) is 2.83. The van der Waals surface area contributed by atoms with Crippen LogP contribution in [0, 0.1) is 5.92 Å². The molecule has 3 nitrogen and oxygen atoms in total. The highest BCUT2D eigenvalue weighted by atomic mass is 35.5. The largest absolute Gasteiger partial charge is 0.486 e. The van der Waals surface area contributed by atoms with Gasteiger partial charge in [0.25, 0.3) is 0 Å². The Morgan fingerprint density at radius 3 is 2.47 bits per heavy atom. The van der Waals surface area contributed by atoms with Gasteiger partial charge in [0.15, 0.2) is 11.5 Å². The molecule has 0 radical (unpaired) electrons. The Bertz CT molecular complexity index is 478. The predicted molar refractivity (Wildman–Crippen MR) is 74.6 cm³/mol. The summed E-state index contributed by atoms with van der Waals surface area (Å²) in [6.45, 7) is 3.93. The fourth-order valence-corrected chi connectivity index (χ4v) is 3.49. The summed E-state index contributed by atoms with van der Waals surface area (Å²) in [5, 5.41) is 0.462. The van der Waals surface area contributed by atoms with Crippen molar-refractivity contribution in [3.8, 4) is 11.5 Å². The molecule has 2 aliphatic heterocycles. The zero-order valence-electron chi connectivity index (χ0n) is 10.7. The Morgan fingerprint density at radius 2 is 1.84 bits per heavy atom. The molecule has 0 amide bonds. The molecule has 0 aliphatic carbocycles. The molecule has 0 spiro atoms. The lowest BCUT2D eigenvalue weighted by molar-refractivity contribution is 0.105. The molecule has 3 atom stereocenters. The van der Waals surface area contributed by atoms with Crippen LogP contribution in [0.25, 0.3) is 0 Å². The topological polar surface area (TPSA) is 27.7 Å². The fourth-order valence-electron chi connectivity index (χ4n) is 2.65. The normalized spacial score (nSPS) is 27.3. The van der Waals surface area contributed by atoms with Crippen LogP contribution in [0.3, 0.4) is 0 Å². The van der Waals surface area contributed by atoms with Gasteiger partial charge in [-0.1, -0.05) is 11.6 Å². The molecule has 3 rings (SSSR count). The van der Waals surface area contributed by atoms with Gasteiger partial charge in [0, 0.05) is 23.6 Å². The number of ether oxygens (including phenoxy) is 3. The number of halogens is 2. The van der Waals surface area contributed by atoms with Gasteiger partial charge < -0.3 is 14.2 Å². The number of alkyl halides is 1. The van der Waals surface area contributed by atoms with Crippen molar-refractivity contribution in [3.05, 3.63) is 22.7 Å². The number of benzene rings is 1. The first kappa shape index (κ1) is 13.3. The Hall–Kier alpha value is -0.640. The third-order valence-electron chi connectivity index (χ3n) is 3.77. The lowest BCUT2D eigenvalue weighted by atomic mass is 9.93. The van der Waals surface area contributed by atoms with Crippen molar-refractivity contribution in [3.63, 3.8) is 0 Å². The minimum atomic E-state index is -0.166. The zero-order valence-corrected chi connectivity index (χ0v) is 12.2. The van der Waals surface area contributed by atoms with Crippen LogP contribution in [0.4, 0.5) is 0 Å². The van der Waals surface area contributed by atoms with Crippen molar-refractivity contribution < 1.29 is 14.2 Å². The number of hydrogen-bond acceptors (Lipinski definition) is 3. The number of rotatable bonds is 2. The van der Waals surface area contributed by atoms with Crippen LogP contribution in [0.2, 0.25) is 5.02 Å². The minimum absolute atomic E-state index is 0.159. The Labute approximate surface area is 122 Å². The summed E-state index contributed by atoms with van der Waals surface area (Å²) in [5.41, 5.74) is 0.898. The lowest BCUT2D eigenvalue weighted by Gasteiger charge is -2.24. The number of hydrogen-bond donors (Lipinski definition) is 0. The van der Waals surface area contributed by atoms with Crippen molar-refractivity contribution in [1.82, 2.24) is 0 Å². The van der Waals surface area contributed by atoms with Crippen LogP contribution in [-0.2, 0) is 4.74 Å². The molecule has 19 heavy (non-hydrogen) atoms. The molecule has 0 N–H and O–H groups in total. The van der Waals surface area contributed by atoms with Crippen LogP contribution in [0.1, 0.15) is 24.3 Å². The van der Waals surface area contributed by atoms with Gasteiger partial charge >= 0.3 is 0 Å². The first-order valence-corrected chi connectivity index (χ1v) is 7.33. The monoisotopic (exact) mass is 302 g/mol. The minimum Gasteiger partial charge on any atom is -0.486 e. The van der Waals surface area contributed by atoms with Gasteiger partial charge in [0.1, 0.15) is 13.2 Å². The van der Waals surface area contributed by atoms with Gasteiger partial charge in [-0.05, 0) is 25.0 Å². The van der Waals surface area contributed by atoms with Crippen molar-refractivity contribution in [1.29, 1.82) is 0 Å². The SMILES string of the molecule is CC1OCCC1C(Cl)c1cc2c(cc1Cl)OCCO2. The van der Waals surface area contributed by atoms with Crippen LogP contribution < -0.4 is 9.47 Å². The highest BCUT2D eigenvalue weighted by Crippen LogP contribution is 2.44. The van der Waals surface area contributed by atoms with Crippen LogP contribution in [0.15, 0.2) is 12.1 Å². The van der Waals surface area contributed by atoms with E-state index in [2.05, 4.69) is 6.92 Å². The summed E-state index contributed by atoms with van der Waals surface area (Å²) in [7, 11) is 0. The van der Waals surface area contributed by atoms with Crippen molar-refractivity contribution >= 4 is 23.2 Å². The van der Waals surface area contributed by atoms with Crippen LogP contribution in [0.5, 0.6) is 11.5 Å². The van der Waals surface area contributed by atoms with Crippen molar-refractivity contribution in [2.24, 2.45) is 5.92 Å². The van der Waals surface area contributed by atoms with Crippen molar-refractivity contribution in [2.75, 3.05) is 19.8 Å². The summed E-state index contributed by atoms with van der Waals surface area (Å²) < 4.78 is 16.7. The molecule has 0 bridgehead atoms. The second kappa shape index (κ2) is 5.39. The molecule has 5 heteroatoms. The highest BCUT2D eigenvalue weighted by molar-refractivity contribution is 6.33. The summed E-state index contributed by atoms with van der Waals surface area (Å²) in [6.07, 6.45) is 1.12. The van der Waals surface area contributed by atoms with E-state index in [0.29, 0.717) is 24.0 Å². The fraction of sp³-hybridized carbons (Fsp3) is 0.571. The summed E-state index contributed by atoms with van der Waals surface area (Å²) >= 11 is 12.9. The quantitative estimate of drug-likeness (QED) is 0.777. The molecule has 1 fully saturated rings. The lowest BCUT2D eigenvalue weighted by Crippen LogP contribution is -2.18. The van der Waals surface area contributed by atoms with E-state index in [1.807, 2.05) is 6.07 Å². The van der Waals surface area contributed by atoms with E-state index in [4.69, 9.17) is 37.4 Å². The van der Waals surface area contributed by atoms with E-state index in [-0.39, 0.29) is 17.4 Å². The van der Waals surface area contributed by atoms with Crippen LogP contribution in [-0.4, -0.2) is 25.9 Å². The van der Waals surface area contributed by atoms with E-state index in [1.165, 1.54) is 0 Å². The third-order valence-corrected chi connectivity index (χ3v) is 4.66. The first-order chi connectivity index (χ1) is 9.16. The molecule has 1 saturated heterocycles. The van der Waals surface area contributed by atoms with Gasteiger partial charge in [-0.15, -0.1) is 11.6 Å². The maximum Gasteiger partial charge on any atom is 0.162 e. The number of fused-ring (bicyclic) bond motifs is 1. The molecule has 1 aromatic carbocycles. The van der Waals surface area contributed by atoms with Gasteiger partial charge in [0.2, 0.25) is 0 Å². The average molecular weight is 303 g/mol. The maximum atomic E-state index is 6.59. The molecule has 2 aliphatic rings. The zero-order chi connectivity index (χ0) is 13.4. The van der Waals surface area contributed by atoms with Crippen molar-refractivity contribution in [2.45, 2.75) is 24.8 Å². The summed E-state index contributed by atoms with van der Waals surface area (Å²) in [6, 6.07) is 3.70. The summed E-state index contributed by atoms with van der Waals surface area (Å²) in [5.74, 6) is 1.70. The highest BCUT2D eigenvalue weighted by Gasteiger charge is 2.33. The standard InChI is InChI=1S/C14H16Cl2O3/c1-8-9(2-3-17-8)14(16)10-6-12-13(7-11(10)15)19-5-4-18-12/h6-9,14H,2-5H2,1H3. The van der Waals surface area contributed by atoms with E-state index in [1.54, 1.807) is 6.07 Å². The van der Waals surface area contributed by atoms with Gasteiger partial charge in [-0.25, -0.2) is 0 Å². The summed E-state index contributed by atoms with van der Waals surface area (Å²) in [4.78, 5) is 0. The Kier molecular flexibility index (Phi) is 3.79. The molecule has 3 unspecified atom stereocenters. The molecule has 2 heterocycles. The predicted octanol–water partition coefficient (Wildman–Crippen LogP) is 3.82. The van der Waals surface area contributed by atoms with E-state index in [9.17, 15) is 0 Å². The molecule has 104 valence electrons. The second-order valence-electron chi connectivity index (χ2n) is 4.95. The third kappa shape index (κ3) is 2.51.